The summed E-state index contributed by atoms with van der Waals surface area (Å²) >= 11 is 0. The number of nitrogens with zero attached hydrogens (tertiary/aromatic N) is 1. The van der Waals surface area contributed by atoms with Crippen LogP contribution in [0.2, 0.25) is 0 Å². The van der Waals surface area contributed by atoms with Crippen LogP contribution in [0.4, 0.5) is 5.69 Å². The minimum atomic E-state index is 0.590. The summed E-state index contributed by atoms with van der Waals surface area (Å²) in [5.74, 6) is 0.923. The van der Waals surface area contributed by atoms with Gasteiger partial charge in [0.25, 0.3) is 0 Å². The molecule has 0 aromatic heterocycles. The van der Waals surface area contributed by atoms with Crippen LogP contribution in [0.15, 0.2) is 18.2 Å². The number of hydrogen-bond donors (Lipinski definition) is 1. The van der Waals surface area contributed by atoms with E-state index in [9.17, 15) is 0 Å². The summed E-state index contributed by atoms with van der Waals surface area (Å²) in [6.07, 6.45) is 6.45. The van der Waals surface area contributed by atoms with Crippen LogP contribution in [0, 0.1) is 0 Å². The molecule has 3 heteroatoms. The zero-order valence-electron chi connectivity index (χ0n) is 12.2. The number of nitrogens with two attached hydrogens (primary N) is 1. The van der Waals surface area contributed by atoms with Crippen molar-refractivity contribution < 1.29 is 4.74 Å². The van der Waals surface area contributed by atoms with Crippen molar-refractivity contribution >= 4 is 5.69 Å². The third-order valence-electron chi connectivity index (χ3n) is 4.17. The lowest BCUT2D eigenvalue weighted by atomic mass is 10.0. The van der Waals surface area contributed by atoms with E-state index in [0.717, 1.165) is 12.3 Å². The molecule has 1 atom stereocenters. The summed E-state index contributed by atoms with van der Waals surface area (Å²) in [4.78, 5) is 2.55. The quantitative estimate of drug-likeness (QED) is 0.904. The van der Waals surface area contributed by atoms with Crippen LogP contribution in [-0.2, 0) is 6.54 Å². The predicted octanol–water partition coefficient (Wildman–Crippen LogP) is 3.31. The van der Waals surface area contributed by atoms with Crippen LogP contribution in [0.3, 0.4) is 0 Å². The maximum atomic E-state index is 5.91. The molecule has 1 saturated heterocycles. The first-order valence-corrected chi connectivity index (χ1v) is 7.43. The van der Waals surface area contributed by atoms with Crippen molar-refractivity contribution in [2.75, 3.05) is 18.6 Å². The van der Waals surface area contributed by atoms with Gasteiger partial charge in [0.2, 0.25) is 0 Å². The Balaban J connectivity index is 2.35. The Morgan fingerprint density at radius 3 is 2.84 bits per heavy atom. The van der Waals surface area contributed by atoms with Crippen LogP contribution >= 0.6 is 0 Å². The smallest absolute Gasteiger partial charge is 0.120 e. The highest BCUT2D eigenvalue weighted by Gasteiger charge is 2.21. The van der Waals surface area contributed by atoms with Gasteiger partial charge in [0.15, 0.2) is 0 Å². The van der Waals surface area contributed by atoms with E-state index in [2.05, 4.69) is 24.0 Å². The average Bonchev–Trinajstić information content (AvgIpc) is 2.71. The number of hydrogen-bond acceptors (Lipinski definition) is 3. The second-order valence-electron chi connectivity index (χ2n) is 5.30. The molecular weight excluding hydrogens is 236 g/mol. The molecule has 1 aliphatic heterocycles. The van der Waals surface area contributed by atoms with Crippen molar-refractivity contribution in [3.63, 3.8) is 0 Å². The normalized spacial score (nSPS) is 20.2. The molecule has 1 aromatic carbocycles. The predicted molar refractivity (Wildman–Crippen MR) is 80.8 cm³/mol. The highest BCUT2D eigenvalue weighted by Crippen LogP contribution is 2.31. The fourth-order valence-corrected chi connectivity index (χ4v) is 3.03. The van der Waals surface area contributed by atoms with Crippen molar-refractivity contribution in [2.24, 2.45) is 5.73 Å². The van der Waals surface area contributed by atoms with Gasteiger partial charge in [0.1, 0.15) is 5.75 Å². The zero-order chi connectivity index (χ0) is 13.7. The fourth-order valence-electron chi connectivity index (χ4n) is 3.03. The summed E-state index contributed by atoms with van der Waals surface area (Å²) in [5, 5.41) is 0. The van der Waals surface area contributed by atoms with Gasteiger partial charge < -0.3 is 15.4 Å². The van der Waals surface area contributed by atoms with E-state index < -0.39 is 0 Å². The van der Waals surface area contributed by atoms with E-state index in [1.807, 2.05) is 6.07 Å². The Morgan fingerprint density at radius 2 is 2.16 bits per heavy atom. The Hall–Kier alpha value is -1.22. The third kappa shape index (κ3) is 3.21. The molecule has 0 bridgehead atoms. The number of methoxy groups -OCH3 is 1. The minimum absolute atomic E-state index is 0.590. The van der Waals surface area contributed by atoms with Gasteiger partial charge >= 0.3 is 0 Å². The van der Waals surface area contributed by atoms with Crippen LogP contribution in [0.1, 0.15) is 44.6 Å². The molecule has 3 nitrogen and oxygen atoms in total. The molecular formula is C16H26N2O. The van der Waals surface area contributed by atoms with Crippen molar-refractivity contribution in [2.45, 2.75) is 51.6 Å². The molecule has 0 amide bonds. The molecule has 0 spiro atoms. The van der Waals surface area contributed by atoms with Gasteiger partial charge in [-0.05, 0) is 30.9 Å². The van der Waals surface area contributed by atoms with E-state index in [1.165, 1.54) is 43.4 Å². The van der Waals surface area contributed by atoms with Gasteiger partial charge in [-0.3, -0.25) is 0 Å². The van der Waals surface area contributed by atoms with Crippen molar-refractivity contribution in [3.8, 4) is 5.75 Å². The second-order valence-corrected chi connectivity index (χ2v) is 5.30. The SMILES string of the molecule is CCC1CCCCCN1c1cc(OC)ccc1CN. The molecule has 1 unspecified atom stereocenters. The third-order valence-corrected chi connectivity index (χ3v) is 4.17. The topological polar surface area (TPSA) is 38.5 Å². The summed E-state index contributed by atoms with van der Waals surface area (Å²) in [7, 11) is 1.72. The van der Waals surface area contributed by atoms with E-state index in [0.29, 0.717) is 12.6 Å². The summed E-state index contributed by atoms with van der Waals surface area (Å²) in [6, 6.07) is 6.90. The zero-order valence-corrected chi connectivity index (χ0v) is 12.2. The fraction of sp³-hybridized carbons (Fsp3) is 0.625. The van der Waals surface area contributed by atoms with Crippen LogP contribution in [0.25, 0.3) is 0 Å². The second kappa shape index (κ2) is 6.80. The Morgan fingerprint density at radius 1 is 1.32 bits per heavy atom. The van der Waals surface area contributed by atoms with Crippen LogP contribution in [0.5, 0.6) is 5.75 Å². The summed E-state index contributed by atoms with van der Waals surface area (Å²) in [6.45, 7) is 4.01. The first-order chi connectivity index (χ1) is 9.30. The molecule has 0 aliphatic carbocycles. The maximum Gasteiger partial charge on any atom is 0.120 e. The molecule has 19 heavy (non-hydrogen) atoms. The maximum absolute atomic E-state index is 5.91. The van der Waals surface area contributed by atoms with Crippen molar-refractivity contribution in [1.82, 2.24) is 0 Å². The van der Waals surface area contributed by atoms with Crippen LogP contribution in [-0.4, -0.2) is 19.7 Å². The van der Waals surface area contributed by atoms with E-state index in [4.69, 9.17) is 10.5 Å². The van der Waals surface area contributed by atoms with E-state index in [1.54, 1.807) is 7.11 Å². The minimum Gasteiger partial charge on any atom is -0.497 e. The Labute approximate surface area is 116 Å². The molecule has 1 fully saturated rings. The standard InChI is InChI=1S/C16H26N2O/c1-3-14-7-5-4-6-10-18(14)16-11-15(19-2)9-8-13(16)12-17/h8-9,11,14H,3-7,10,12,17H2,1-2H3. The van der Waals surface area contributed by atoms with Crippen molar-refractivity contribution in [1.29, 1.82) is 0 Å². The molecule has 2 N–H and O–H groups in total. The van der Waals surface area contributed by atoms with Gasteiger partial charge in [0, 0.05) is 30.9 Å². The van der Waals surface area contributed by atoms with Gasteiger partial charge in [0.05, 0.1) is 7.11 Å². The largest absolute Gasteiger partial charge is 0.497 e. The first-order valence-electron chi connectivity index (χ1n) is 7.43. The summed E-state index contributed by atoms with van der Waals surface area (Å²) < 4.78 is 5.38. The Kier molecular flexibility index (Phi) is 5.08. The van der Waals surface area contributed by atoms with Crippen LogP contribution < -0.4 is 15.4 Å². The lowest BCUT2D eigenvalue weighted by Crippen LogP contribution is -2.35. The molecule has 0 saturated carbocycles. The first kappa shape index (κ1) is 14.2. The van der Waals surface area contributed by atoms with Gasteiger partial charge in [-0.2, -0.15) is 0 Å². The Bertz CT molecular complexity index is 406. The number of rotatable bonds is 4. The molecule has 1 aromatic rings. The summed E-state index contributed by atoms with van der Waals surface area (Å²) in [5.41, 5.74) is 8.40. The van der Waals surface area contributed by atoms with E-state index in [-0.39, 0.29) is 0 Å². The molecule has 2 rings (SSSR count). The highest BCUT2D eigenvalue weighted by molar-refractivity contribution is 5.58. The average molecular weight is 262 g/mol. The molecule has 1 aliphatic rings. The van der Waals surface area contributed by atoms with Gasteiger partial charge in [-0.1, -0.05) is 25.8 Å². The number of benzene rings is 1. The number of anilines is 1. The molecule has 106 valence electrons. The van der Waals surface area contributed by atoms with Crippen molar-refractivity contribution in [3.05, 3.63) is 23.8 Å². The van der Waals surface area contributed by atoms with Gasteiger partial charge in [-0.15, -0.1) is 0 Å². The number of ether oxygens (including phenoxy) is 1. The molecule has 0 radical (unpaired) electrons. The lowest BCUT2D eigenvalue weighted by Gasteiger charge is -2.33. The lowest BCUT2D eigenvalue weighted by molar-refractivity contribution is 0.414. The van der Waals surface area contributed by atoms with Gasteiger partial charge in [-0.25, -0.2) is 0 Å². The van der Waals surface area contributed by atoms with E-state index >= 15 is 0 Å². The molecule has 1 heterocycles. The monoisotopic (exact) mass is 262 g/mol. The highest BCUT2D eigenvalue weighted by atomic mass is 16.5.